The highest BCUT2D eigenvalue weighted by Crippen LogP contribution is 2.35. The van der Waals surface area contributed by atoms with Crippen LogP contribution in [0.4, 0.5) is 5.69 Å². The Balaban J connectivity index is 2.75. The second-order valence-corrected chi connectivity index (χ2v) is 9.34. The third kappa shape index (κ3) is 5.76. The van der Waals surface area contributed by atoms with Crippen LogP contribution < -0.4 is 21.3 Å². The average molecular weight is 511 g/mol. The first-order valence-corrected chi connectivity index (χ1v) is 13.1. The zero-order chi connectivity index (χ0) is 25.5. The van der Waals surface area contributed by atoms with Gasteiger partial charge in [0.2, 0.25) is 5.91 Å². The van der Waals surface area contributed by atoms with Crippen LogP contribution in [0.25, 0.3) is 0 Å². The summed E-state index contributed by atoms with van der Waals surface area (Å²) in [5, 5.41) is 5.62. The number of nitrogens with two attached hydrogens (primary N) is 1. The van der Waals surface area contributed by atoms with Gasteiger partial charge in [-0.15, -0.1) is 0 Å². The number of nitrogens with zero attached hydrogens (tertiary/aromatic N) is 1. The molecule has 0 aromatic heterocycles. The van der Waals surface area contributed by atoms with Gasteiger partial charge in [0.25, 0.3) is 5.91 Å². The summed E-state index contributed by atoms with van der Waals surface area (Å²) in [7, 11) is 1.55. The Labute approximate surface area is 210 Å². The number of ether oxygens (including phenoxy) is 1. The first-order valence-electron chi connectivity index (χ1n) is 11.1. The Morgan fingerprint density at radius 2 is 2.00 bits per heavy atom. The largest absolute Gasteiger partial charge is 0.464 e. The number of thioether (sulfide) groups is 1. The molecule has 0 saturated carbocycles. The van der Waals surface area contributed by atoms with Crippen molar-refractivity contribution in [3.8, 4) is 0 Å². The van der Waals surface area contributed by atoms with E-state index in [0.29, 0.717) is 17.9 Å². The number of para-hydroxylation sites is 1. The first kappa shape index (κ1) is 28.2. The van der Waals surface area contributed by atoms with Crippen LogP contribution >= 0.6 is 24.4 Å². The summed E-state index contributed by atoms with van der Waals surface area (Å²) >= 11 is 5.57. The van der Waals surface area contributed by atoms with Crippen molar-refractivity contribution < 1.29 is 23.9 Å². The summed E-state index contributed by atoms with van der Waals surface area (Å²) in [6.07, 6.45) is 2.46. The zero-order valence-corrected chi connectivity index (χ0v) is 21.7. The topological polar surface area (TPSA) is 131 Å². The lowest BCUT2D eigenvalue weighted by atomic mass is 9.83. The van der Waals surface area contributed by atoms with Crippen LogP contribution in [0.2, 0.25) is 0 Å². The summed E-state index contributed by atoms with van der Waals surface area (Å²) in [6, 6.07) is 4.40. The minimum atomic E-state index is -1.62. The van der Waals surface area contributed by atoms with Crippen LogP contribution in [0.5, 0.6) is 0 Å². The Morgan fingerprint density at radius 1 is 1.32 bits per heavy atom. The number of benzene rings is 1. The van der Waals surface area contributed by atoms with Crippen LogP contribution in [0.1, 0.15) is 25.8 Å². The molecular weight excluding hydrogens is 476 g/mol. The van der Waals surface area contributed by atoms with Gasteiger partial charge in [-0.1, -0.05) is 18.2 Å². The maximum Gasteiger partial charge on any atom is 0.330 e. The van der Waals surface area contributed by atoms with E-state index in [2.05, 4.69) is 23.3 Å². The Hall–Kier alpha value is -2.08. The number of likely N-dealkylation sites (N-methyl/N-ethyl adjacent to an activating group) is 1. The molecule has 1 aliphatic rings. The molecule has 11 heteroatoms. The van der Waals surface area contributed by atoms with Crippen molar-refractivity contribution in [3.05, 3.63) is 29.8 Å². The van der Waals surface area contributed by atoms with E-state index in [4.69, 9.17) is 10.5 Å². The van der Waals surface area contributed by atoms with E-state index in [9.17, 15) is 19.2 Å². The van der Waals surface area contributed by atoms with Crippen molar-refractivity contribution in [2.75, 3.05) is 36.3 Å². The van der Waals surface area contributed by atoms with Gasteiger partial charge in [-0.3, -0.25) is 14.4 Å². The van der Waals surface area contributed by atoms with E-state index in [1.807, 2.05) is 18.4 Å². The van der Waals surface area contributed by atoms with Gasteiger partial charge in [0.05, 0.1) is 18.7 Å². The summed E-state index contributed by atoms with van der Waals surface area (Å²) in [4.78, 5) is 54.2. The molecule has 0 bridgehead atoms. The smallest absolute Gasteiger partial charge is 0.330 e. The highest BCUT2D eigenvalue weighted by atomic mass is 32.2. The molecule has 2 unspecified atom stereocenters. The second kappa shape index (κ2) is 12.6. The maximum atomic E-state index is 14.3. The second-order valence-electron chi connectivity index (χ2n) is 8.07. The number of carbonyl (C=O) groups is 4. The van der Waals surface area contributed by atoms with E-state index < -0.39 is 47.2 Å². The molecule has 1 aliphatic heterocycles. The number of hydrogen-bond acceptors (Lipinski definition) is 9. The Morgan fingerprint density at radius 3 is 2.56 bits per heavy atom. The number of carbonyl (C=O) groups excluding carboxylic acids is 4. The lowest BCUT2D eigenvalue weighted by Crippen LogP contribution is -2.69. The molecule has 0 spiro atoms. The minimum Gasteiger partial charge on any atom is -0.464 e. The molecule has 2 amide bonds. The third-order valence-electron chi connectivity index (χ3n) is 5.94. The van der Waals surface area contributed by atoms with Crippen molar-refractivity contribution in [1.82, 2.24) is 10.6 Å². The molecule has 9 nitrogen and oxygen atoms in total. The van der Waals surface area contributed by atoms with Gasteiger partial charge in [-0.05, 0) is 44.7 Å². The molecular formula is C23H34N4O5S2. The Kier molecular flexibility index (Phi) is 10.4. The number of nitrogens with one attached hydrogen (secondary N) is 2. The van der Waals surface area contributed by atoms with Gasteiger partial charge in [0.15, 0.2) is 11.3 Å². The fourth-order valence-corrected chi connectivity index (χ4v) is 5.12. The molecule has 2 rings (SSSR count). The number of esters is 1. The van der Waals surface area contributed by atoms with Gasteiger partial charge in [-0.25, -0.2) is 4.79 Å². The number of amides is 2. The number of ketones is 1. The molecule has 34 heavy (non-hydrogen) atoms. The van der Waals surface area contributed by atoms with Crippen molar-refractivity contribution in [2.45, 2.75) is 50.4 Å². The van der Waals surface area contributed by atoms with Gasteiger partial charge in [0, 0.05) is 24.1 Å². The van der Waals surface area contributed by atoms with Gasteiger partial charge in [0.1, 0.15) is 6.04 Å². The van der Waals surface area contributed by atoms with Crippen LogP contribution in [0.15, 0.2) is 24.3 Å². The van der Waals surface area contributed by atoms with Crippen LogP contribution in [-0.2, 0) is 30.3 Å². The standard InChI is InChI=1S/C23H34N4O5S2/c1-5-32-21(30)19(26-14(2)28)18(13-34-4)27-17-9-7-6-8-15(17)10-11-23(25-3,22(27)31)20(29)16(24)12-33/h6-9,16,18-19,25,33H,5,10-13,24H2,1-4H3,(H,26,28)/t16?,18?,19-,23-/m0/s1. The average Bonchev–Trinajstić information content (AvgIpc) is 2.95. The number of rotatable bonds is 11. The molecule has 1 aromatic carbocycles. The maximum absolute atomic E-state index is 14.3. The SMILES string of the molecule is CCOC(=O)[C@@H](NC(C)=O)C(CSC)N1C(=O)[C@@](NC)(C(=O)C(N)CS)CCc2ccccc21. The monoisotopic (exact) mass is 510 g/mol. The summed E-state index contributed by atoms with van der Waals surface area (Å²) in [6.45, 7) is 3.08. The van der Waals surface area contributed by atoms with Crippen LogP contribution in [-0.4, -0.2) is 78.6 Å². The van der Waals surface area contributed by atoms with Crippen LogP contribution in [0.3, 0.4) is 0 Å². The summed E-state index contributed by atoms with van der Waals surface area (Å²) in [5.41, 5.74) is 5.85. The van der Waals surface area contributed by atoms with Gasteiger partial charge < -0.3 is 26.0 Å². The lowest BCUT2D eigenvalue weighted by Gasteiger charge is -2.41. The molecule has 0 saturated heterocycles. The fourth-order valence-electron chi connectivity index (χ4n) is 4.27. The van der Waals surface area contributed by atoms with Gasteiger partial charge >= 0.3 is 5.97 Å². The van der Waals surface area contributed by atoms with E-state index in [1.165, 1.54) is 23.6 Å². The predicted octanol–water partition coefficient (Wildman–Crippen LogP) is 0.550. The number of fused-ring (bicyclic) bond motifs is 1. The van der Waals surface area contributed by atoms with Crippen LogP contribution in [0, 0.1) is 0 Å². The van der Waals surface area contributed by atoms with Crippen molar-refractivity contribution >= 4 is 53.6 Å². The lowest BCUT2D eigenvalue weighted by molar-refractivity contribution is -0.147. The number of Topliss-reactive ketones (excluding diaryl/α,β-unsaturated/α-hetero) is 1. The molecule has 4 atom stereocenters. The highest BCUT2D eigenvalue weighted by molar-refractivity contribution is 7.98. The molecule has 1 heterocycles. The fraction of sp³-hybridized carbons (Fsp3) is 0.565. The first-order chi connectivity index (χ1) is 16.2. The quantitative estimate of drug-likeness (QED) is 0.193. The van der Waals surface area contributed by atoms with E-state index in [0.717, 1.165) is 5.56 Å². The molecule has 188 valence electrons. The number of thiol groups is 1. The van der Waals surface area contributed by atoms with E-state index in [1.54, 1.807) is 26.1 Å². The highest BCUT2D eigenvalue weighted by Gasteiger charge is 2.52. The molecule has 0 aliphatic carbocycles. The molecule has 0 fully saturated rings. The molecule has 4 N–H and O–H groups in total. The van der Waals surface area contributed by atoms with E-state index >= 15 is 0 Å². The number of hydrogen-bond donors (Lipinski definition) is 4. The molecule has 0 radical (unpaired) electrons. The third-order valence-corrected chi connectivity index (χ3v) is 7.01. The minimum absolute atomic E-state index is 0.0775. The normalized spacial score (nSPS) is 20.5. The van der Waals surface area contributed by atoms with Gasteiger partial charge in [-0.2, -0.15) is 24.4 Å². The Bertz CT molecular complexity index is 915. The summed E-state index contributed by atoms with van der Waals surface area (Å²) in [5.74, 6) is -1.71. The number of aryl methyl sites for hydroxylation is 1. The van der Waals surface area contributed by atoms with Crippen molar-refractivity contribution in [1.29, 1.82) is 0 Å². The predicted molar refractivity (Wildman–Crippen MR) is 137 cm³/mol. The zero-order valence-electron chi connectivity index (χ0n) is 20.0. The molecule has 1 aromatic rings. The van der Waals surface area contributed by atoms with Crippen molar-refractivity contribution in [2.24, 2.45) is 5.73 Å². The van der Waals surface area contributed by atoms with Crippen molar-refractivity contribution in [3.63, 3.8) is 0 Å². The number of anilines is 1. The van der Waals surface area contributed by atoms with E-state index in [-0.39, 0.29) is 18.8 Å². The summed E-state index contributed by atoms with van der Waals surface area (Å²) < 4.78 is 5.25.